The Hall–Kier alpha value is -1.90. The monoisotopic (exact) mass is 384 g/mol. The Morgan fingerprint density at radius 1 is 0.714 bits per heavy atom. The van der Waals surface area contributed by atoms with Crippen LogP contribution in [-0.2, 0) is 0 Å². The van der Waals surface area contributed by atoms with Gasteiger partial charge in [-0.05, 0) is 67.3 Å². The first-order valence-corrected chi connectivity index (χ1v) is 10.9. The minimum absolute atomic E-state index is 0.205. The van der Waals surface area contributed by atoms with Crippen molar-refractivity contribution in [3.63, 3.8) is 0 Å². The Bertz CT molecular complexity index is 741. The molecule has 0 N–H and O–H groups in total. The second-order valence-corrected chi connectivity index (χ2v) is 8.53. The highest BCUT2D eigenvalue weighted by Gasteiger charge is 2.33. The molecule has 2 aromatic rings. The lowest BCUT2D eigenvalue weighted by atomic mass is 9.75. The van der Waals surface area contributed by atoms with Crippen molar-refractivity contribution in [1.29, 1.82) is 0 Å². The third-order valence-electron chi connectivity index (χ3n) is 6.60. The van der Waals surface area contributed by atoms with E-state index in [1.807, 2.05) is 6.07 Å². The number of ether oxygens (including phenoxy) is 1. The number of halogens is 2. The molecule has 0 unspecified atom stereocenters. The quantitative estimate of drug-likeness (QED) is 0.517. The fraction of sp³-hybridized carbons (Fsp3) is 0.520. The van der Waals surface area contributed by atoms with Crippen LogP contribution < -0.4 is 4.74 Å². The Kier molecular flexibility index (Phi) is 6.29. The molecule has 0 saturated heterocycles. The van der Waals surface area contributed by atoms with Crippen molar-refractivity contribution in [3.8, 4) is 16.9 Å². The van der Waals surface area contributed by atoms with Crippen LogP contribution in [0.15, 0.2) is 42.5 Å². The van der Waals surface area contributed by atoms with Gasteiger partial charge in [0.05, 0.1) is 0 Å². The summed E-state index contributed by atoms with van der Waals surface area (Å²) >= 11 is 0. The van der Waals surface area contributed by atoms with E-state index in [1.165, 1.54) is 82.4 Å². The Morgan fingerprint density at radius 3 is 1.82 bits per heavy atom. The molecule has 0 radical (unpaired) electrons. The average Bonchev–Trinajstić information content (AvgIpc) is 2.74. The first-order chi connectivity index (χ1) is 13.7. The first-order valence-electron chi connectivity index (χ1n) is 10.9. The van der Waals surface area contributed by atoms with E-state index in [-0.39, 0.29) is 17.7 Å². The van der Waals surface area contributed by atoms with Gasteiger partial charge in [-0.3, -0.25) is 0 Å². The van der Waals surface area contributed by atoms with Gasteiger partial charge in [0.25, 0.3) is 0 Å². The zero-order valence-corrected chi connectivity index (χ0v) is 16.5. The van der Waals surface area contributed by atoms with Crippen LogP contribution in [0, 0.1) is 23.5 Å². The zero-order valence-electron chi connectivity index (χ0n) is 16.5. The van der Waals surface area contributed by atoms with E-state index in [2.05, 4.69) is 0 Å². The van der Waals surface area contributed by atoms with E-state index in [1.54, 1.807) is 18.2 Å². The standard InChI is InChI=1S/C25H30F2O/c26-21-13-11-18(12-14-21)23-16-15-22(17-24(23)27)28-25(19-7-3-1-4-8-19)20-9-5-2-6-10-20/h11-17,19-20,25H,1-10H2. The van der Waals surface area contributed by atoms with Gasteiger partial charge in [0, 0.05) is 11.6 Å². The molecule has 2 aliphatic carbocycles. The highest BCUT2D eigenvalue weighted by atomic mass is 19.1. The third kappa shape index (κ3) is 4.56. The van der Waals surface area contributed by atoms with E-state index < -0.39 is 0 Å². The van der Waals surface area contributed by atoms with Gasteiger partial charge in [-0.25, -0.2) is 8.78 Å². The zero-order chi connectivity index (χ0) is 19.3. The molecule has 0 heterocycles. The van der Waals surface area contributed by atoms with Gasteiger partial charge in [0.2, 0.25) is 0 Å². The minimum Gasteiger partial charge on any atom is -0.490 e. The molecular weight excluding hydrogens is 354 g/mol. The molecule has 0 aromatic heterocycles. The number of rotatable bonds is 5. The summed E-state index contributed by atoms with van der Waals surface area (Å²) in [7, 11) is 0. The molecule has 3 heteroatoms. The molecule has 2 aromatic carbocycles. The molecule has 0 bridgehead atoms. The minimum atomic E-state index is -0.313. The van der Waals surface area contributed by atoms with Crippen LogP contribution in [0.2, 0.25) is 0 Å². The van der Waals surface area contributed by atoms with Crippen LogP contribution in [0.4, 0.5) is 8.78 Å². The maximum Gasteiger partial charge on any atom is 0.134 e. The molecule has 0 spiro atoms. The molecule has 0 atom stereocenters. The fourth-order valence-corrected chi connectivity index (χ4v) is 5.09. The van der Waals surface area contributed by atoms with E-state index in [0.29, 0.717) is 28.7 Å². The van der Waals surface area contributed by atoms with Gasteiger partial charge in [-0.2, -0.15) is 0 Å². The van der Waals surface area contributed by atoms with Gasteiger partial charge < -0.3 is 4.74 Å². The summed E-state index contributed by atoms with van der Waals surface area (Å²) in [6.45, 7) is 0. The second kappa shape index (κ2) is 9.07. The molecule has 150 valence electrons. The maximum absolute atomic E-state index is 14.8. The van der Waals surface area contributed by atoms with Crippen molar-refractivity contribution in [2.45, 2.75) is 70.3 Å². The van der Waals surface area contributed by atoms with Crippen LogP contribution in [0.25, 0.3) is 11.1 Å². The van der Waals surface area contributed by atoms with Crippen molar-refractivity contribution < 1.29 is 13.5 Å². The van der Waals surface area contributed by atoms with Crippen molar-refractivity contribution >= 4 is 0 Å². The summed E-state index contributed by atoms with van der Waals surface area (Å²) in [4.78, 5) is 0. The summed E-state index contributed by atoms with van der Waals surface area (Å²) in [6.07, 6.45) is 12.9. The average molecular weight is 385 g/mol. The van der Waals surface area contributed by atoms with Gasteiger partial charge in [-0.1, -0.05) is 50.7 Å². The number of hydrogen-bond donors (Lipinski definition) is 0. The predicted octanol–water partition coefficient (Wildman–Crippen LogP) is 7.54. The van der Waals surface area contributed by atoms with E-state index >= 15 is 0 Å². The highest BCUT2D eigenvalue weighted by molar-refractivity contribution is 5.64. The first kappa shape index (κ1) is 19.4. The maximum atomic E-state index is 14.8. The highest BCUT2D eigenvalue weighted by Crippen LogP contribution is 2.38. The van der Waals surface area contributed by atoms with Gasteiger partial charge in [-0.15, -0.1) is 0 Å². The van der Waals surface area contributed by atoms with Crippen LogP contribution in [-0.4, -0.2) is 6.10 Å². The Balaban J connectivity index is 1.54. The lowest BCUT2D eigenvalue weighted by Crippen LogP contribution is -2.37. The summed E-state index contributed by atoms with van der Waals surface area (Å²) in [5.41, 5.74) is 1.17. The van der Waals surface area contributed by atoms with Gasteiger partial charge in [0.1, 0.15) is 23.5 Å². The largest absolute Gasteiger partial charge is 0.490 e. The SMILES string of the molecule is Fc1ccc(-c2ccc(OC(C3CCCCC3)C3CCCCC3)cc2F)cc1. The Morgan fingerprint density at radius 2 is 1.29 bits per heavy atom. The molecule has 1 nitrogen and oxygen atoms in total. The normalized spacial score (nSPS) is 19.1. The summed E-state index contributed by atoms with van der Waals surface area (Å²) in [5, 5.41) is 0. The molecule has 28 heavy (non-hydrogen) atoms. The molecule has 2 aliphatic rings. The van der Waals surface area contributed by atoms with Crippen molar-refractivity contribution in [2.24, 2.45) is 11.8 Å². The summed E-state index contributed by atoms with van der Waals surface area (Å²) in [5.74, 6) is 1.19. The topological polar surface area (TPSA) is 9.23 Å². The number of benzene rings is 2. The second-order valence-electron chi connectivity index (χ2n) is 8.53. The lowest BCUT2D eigenvalue weighted by molar-refractivity contribution is 0.0388. The smallest absolute Gasteiger partial charge is 0.134 e. The van der Waals surface area contributed by atoms with Crippen LogP contribution in [0.1, 0.15) is 64.2 Å². The fourth-order valence-electron chi connectivity index (χ4n) is 5.09. The van der Waals surface area contributed by atoms with Gasteiger partial charge >= 0.3 is 0 Å². The molecule has 2 saturated carbocycles. The molecule has 0 aliphatic heterocycles. The summed E-state index contributed by atoms with van der Waals surface area (Å²) in [6, 6.07) is 11.1. The molecule has 4 rings (SSSR count). The van der Waals surface area contributed by atoms with Crippen molar-refractivity contribution in [1.82, 2.24) is 0 Å². The molecule has 0 amide bonds. The third-order valence-corrected chi connectivity index (χ3v) is 6.60. The van der Waals surface area contributed by atoms with E-state index in [9.17, 15) is 8.78 Å². The summed E-state index contributed by atoms with van der Waals surface area (Å²) < 4.78 is 34.4. The predicted molar refractivity (Wildman–Crippen MR) is 109 cm³/mol. The van der Waals surface area contributed by atoms with E-state index in [0.717, 1.165) is 0 Å². The van der Waals surface area contributed by atoms with Crippen LogP contribution in [0.3, 0.4) is 0 Å². The molecular formula is C25H30F2O. The van der Waals surface area contributed by atoms with Crippen LogP contribution in [0.5, 0.6) is 5.75 Å². The van der Waals surface area contributed by atoms with Crippen molar-refractivity contribution in [3.05, 3.63) is 54.1 Å². The van der Waals surface area contributed by atoms with Gasteiger partial charge in [0.15, 0.2) is 0 Å². The van der Waals surface area contributed by atoms with E-state index in [4.69, 9.17) is 4.74 Å². The molecule has 2 fully saturated rings. The van der Waals surface area contributed by atoms with Crippen LogP contribution >= 0.6 is 0 Å². The Labute approximate surface area is 167 Å². The van der Waals surface area contributed by atoms with Crippen molar-refractivity contribution in [2.75, 3.05) is 0 Å². The number of hydrogen-bond acceptors (Lipinski definition) is 1. The lowest BCUT2D eigenvalue weighted by Gasteiger charge is -2.37.